The van der Waals surface area contributed by atoms with E-state index in [0.717, 1.165) is 48.2 Å². The zero-order valence-electron chi connectivity index (χ0n) is 19.4. The molecular weight excluding hydrogens is 446 g/mol. The highest BCUT2D eigenvalue weighted by atomic mass is 35.5. The Hall–Kier alpha value is -3.28. The molecule has 0 bridgehead atoms. The lowest BCUT2D eigenvalue weighted by atomic mass is 9.94. The van der Waals surface area contributed by atoms with Gasteiger partial charge in [-0.3, -0.25) is 9.88 Å². The first kappa shape index (κ1) is 22.5. The number of aromatic hydroxyl groups is 1. The summed E-state index contributed by atoms with van der Waals surface area (Å²) in [4.78, 5) is 9.34. The highest BCUT2D eigenvalue weighted by Gasteiger charge is 2.29. The average molecular weight is 474 g/mol. The van der Waals surface area contributed by atoms with Gasteiger partial charge in [-0.05, 0) is 42.8 Å². The summed E-state index contributed by atoms with van der Waals surface area (Å²) < 4.78 is 5.41. The summed E-state index contributed by atoms with van der Waals surface area (Å²) in [6.45, 7) is 5.54. The molecule has 0 amide bonds. The van der Waals surface area contributed by atoms with Crippen molar-refractivity contribution in [2.24, 2.45) is 0 Å². The van der Waals surface area contributed by atoms with Gasteiger partial charge >= 0.3 is 0 Å². The van der Waals surface area contributed by atoms with Gasteiger partial charge in [0.05, 0.1) is 18.7 Å². The number of nitrogens with zero attached hydrogens (tertiary/aromatic N) is 3. The van der Waals surface area contributed by atoms with E-state index < -0.39 is 0 Å². The summed E-state index contributed by atoms with van der Waals surface area (Å²) in [6, 6.07) is 22.2. The van der Waals surface area contributed by atoms with E-state index in [1.807, 2.05) is 30.5 Å². The van der Waals surface area contributed by atoms with Gasteiger partial charge < -0.3 is 14.7 Å². The Morgan fingerprint density at radius 2 is 1.74 bits per heavy atom. The number of piperazine rings is 1. The normalized spacial score (nSPS) is 15.4. The molecule has 34 heavy (non-hydrogen) atoms. The maximum absolute atomic E-state index is 11.0. The van der Waals surface area contributed by atoms with Gasteiger partial charge in [-0.25, -0.2) is 0 Å². The molecule has 1 aliphatic heterocycles. The smallest absolute Gasteiger partial charge is 0.162 e. The first-order valence-corrected chi connectivity index (χ1v) is 11.9. The van der Waals surface area contributed by atoms with E-state index in [4.69, 9.17) is 16.3 Å². The number of pyridine rings is 1. The van der Waals surface area contributed by atoms with E-state index >= 15 is 0 Å². The predicted molar refractivity (Wildman–Crippen MR) is 138 cm³/mol. The second-order valence-electron chi connectivity index (χ2n) is 8.73. The molecule has 1 aromatic heterocycles. The fraction of sp³-hybridized carbons (Fsp3) is 0.250. The van der Waals surface area contributed by atoms with Crippen LogP contribution in [0.25, 0.3) is 10.9 Å². The molecule has 1 fully saturated rings. The van der Waals surface area contributed by atoms with Gasteiger partial charge in [0.1, 0.15) is 0 Å². The molecule has 0 saturated carbocycles. The predicted octanol–water partition coefficient (Wildman–Crippen LogP) is 5.82. The molecule has 1 unspecified atom stereocenters. The van der Waals surface area contributed by atoms with Crippen LogP contribution in [0.2, 0.25) is 5.02 Å². The molecule has 5 rings (SSSR count). The highest BCUT2D eigenvalue weighted by Crippen LogP contribution is 2.40. The second-order valence-corrected chi connectivity index (χ2v) is 9.16. The summed E-state index contributed by atoms with van der Waals surface area (Å²) in [6.07, 6.45) is 1.85. The zero-order valence-corrected chi connectivity index (χ0v) is 20.2. The Morgan fingerprint density at radius 1 is 0.971 bits per heavy atom. The molecule has 1 atom stereocenters. The quantitative estimate of drug-likeness (QED) is 0.395. The number of methoxy groups -OCH3 is 1. The lowest BCUT2D eigenvalue weighted by molar-refractivity contribution is 0.208. The van der Waals surface area contributed by atoms with Crippen LogP contribution in [0, 0.1) is 6.92 Å². The number of rotatable bonds is 5. The number of aryl methyl sites for hydroxylation is 1. The summed E-state index contributed by atoms with van der Waals surface area (Å²) in [5.74, 6) is 0.699. The number of halogens is 1. The SMILES string of the molecule is COc1cccc(C(c2ccc(C)cc2)N2CCN(c3ccnc4cc(Cl)ccc34)CC2)c1O. The molecule has 174 valence electrons. The van der Waals surface area contributed by atoms with Gasteiger partial charge in [0, 0.05) is 54.0 Å². The molecule has 6 heteroatoms. The van der Waals surface area contributed by atoms with Crippen LogP contribution in [0.1, 0.15) is 22.7 Å². The van der Waals surface area contributed by atoms with Crippen molar-refractivity contribution >= 4 is 28.2 Å². The average Bonchev–Trinajstić information content (AvgIpc) is 2.86. The molecule has 0 radical (unpaired) electrons. The molecule has 0 spiro atoms. The summed E-state index contributed by atoms with van der Waals surface area (Å²) in [5.41, 5.74) is 5.32. The van der Waals surface area contributed by atoms with Crippen molar-refractivity contribution in [3.8, 4) is 11.5 Å². The van der Waals surface area contributed by atoms with Crippen LogP contribution in [0.5, 0.6) is 11.5 Å². The van der Waals surface area contributed by atoms with Gasteiger partial charge in [-0.1, -0.05) is 53.6 Å². The van der Waals surface area contributed by atoms with E-state index in [1.54, 1.807) is 13.2 Å². The fourth-order valence-electron chi connectivity index (χ4n) is 4.86. The van der Waals surface area contributed by atoms with Gasteiger partial charge in [-0.15, -0.1) is 0 Å². The number of para-hydroxylation sites is 1. The molecule has 0 aliphatic carbocycles. The van der Waals surface area contributed by atoms with Crippen molar-refractivity contribution in [3.63, 3.8) is 0 Å². The van der Waals surface area contributed by atoms with Crippen LogP contribution in [-0.4, -0.2) is 48.3 Å². The second kappa shape index (κ2) is 9.53. The molecule has 1 N–H and O–H groups in total. The summed E-state index contributed by atoms with van der Waals surface area (Å²) in [7, 11) is 1.59. The number of fused-ring (bicyclic) bond motifs is 1. The van der Waals surface area contributed by atoms with Gasteiger partial charge in [0.2, 0.25) is 0 Å². The van der Waals surface area contributed by atoms with E-state index in [-0.39, 0.29) is 11.8 Å². The number of aromatic nitrogens is 1. The third-order valence-corrected chi connectivity index (χ3v) is 6.87. The topological polar surface area (TPSA) is 48.8 Å². The minimum absolute atomic E-state index is 0.0640. The van der Waals surface area contributed by atoms with E-state index in [2.05, 4.69) is 58.1 Å². The van der Waals surface area contributed by atoms with E-state index in [1.165, 1.54) is 11.3 Å². The Balaban J connectivity index is 1.45. The van der Waals surface area contributed by atoms with Gasteiger partial charge in [0.15, 0.2) is 11.5 Å². The first-order chi connectivity index (χ1) is 16.5. The lowest BCUT2D eigenvalue weighted by Crippen LogP contribution is -2.48. The van der Waals surface area contributed by atoms with Gasteiger partial charge in [0.25, 0.3) is 0 Å². The Bertz CT molecular complexity index is 1300. The maximum atomic E-state index is 11.0. The van der Waals surface area contributed by atoms with Crippen molar-refractivity contribution < 1.29 is 9.84 Å². The number of ether oxygens (including phenoxy) is 1. The number of phenols is 1. The van der Waals surface area contributed by atoms with Crippen molar-refractivity contribution in [3.05, 3.63) is 94.6 Å². The minimum atomic E-state index is -0.0640. The van der Waals surface area contributed by atoms with Crippen LogP contribution >= 0.6 is 11.6 Å². The number of hydrogen-bond acceptors (Lipinski definition) is 5. The third kappa shape index (κ3) is 4.29. The minimum Gasteiger partial charge on any atom is -0.504 e. The van der Waals surface area contributed by atoms with E-state index in [0.29, 0.717) is 10.8 Å². The highest BCUT2D eigenvalue weighted by molar-refractivity contribution is 6.31. The number of hydrogen-bond donors (Lipinski definition) is 1. The Kier molecular flexibility index (Phi) is 6.31. The molecule has 1 saturated heterocycles. The monoisotopic (exact) mass is 473 g/mol. The first-order valence-electron chi connectivity index (χ1n) is 11.5. The van der Waals surface area contributed by atoms with Crippen LogP contribution in [0.15, 0.2) is 72.9 Å². The van der Waals surface area contributed by atoms with Crippen molar-refractivity contribution in [2.75, 3.05) is 38.2 Å². The molecular formula is C28H28ClN3O2. The Morgan fingerprint density at radius 3 is 2.47 bits per heavy atom. The van der Waals surface area contributed by atoms with E-state index in [9.17, 15) is 5.11 Å². The molecule has 2 heterocycles. The Labute approximate surface area is 205 Å². The maximum Gasteiger partial charge on any atom is 0.162 e. The number of anilines is 1. The largest absolute Gasteiger partial charge is 0.504 e. The fourth-order valence-corrected chi connectivity index (χ4v) is 5.03. The number of benzene rings is 3. The molecule has 5 nitrogen and oxygen atoms in total. The lowest BCUT2D eigenvalue weighted by Gasteiger charge is -2.41. The summed E-state index contributed by atoms with van der Waals surface area (Å²) >= 11 is 6.18. The van der Waals surface area contributed by atoms with Crippen molar-refractivity contribution in [1.29, 1.82) is 0 Å². The van der Waals surface area contributed by atoms with Gasteiger partial charge in [-0.2, -0.15) is 0 Å². The summed E-state index contributed by atoms with van der Waals surface area (Å²) in [5, 5.41) is 12.8. The third-order valence-electron chi connectivity index (χ3n) is 6.64. The van der Waals surface area contributed by atoms with Crippen LogP contribution in [-0.2, 0) is 0 Å². The molecule has 3 aromatic carbocycles. The zero-order chi connectivity index (χ0) is 23.7. The molecule has 1 aliphatic rings. The van der Waals surface area contributed by atoms with Crippen LogP contribution in [0.3, 0.4) is 0 Å². The van der Waals surface area contributed by atoms with Crippen molar-refractivity contribution in [2.45, 2.75) is 13.0 Å². The number of phenolic OH excluding ortho intramolecular Hbond substituents is 1. The standard InChI is InChI=1S/C28H28ClN3O2/c1-19-6-8-20(9-7-19)27(23-4-3-5-26(34-2)28(23)33)32-16-14-31(15-17-32)25-12-13-30-24-18-21(29)10-11-22(24)25/h3-13,18,27,33H,14-17H2,1-2H3. The molecule has 4 aromatic rings. The van der Waals surface area contributed by atoms with Crippen LogP contribution < -0.4 is 9.64 Å². The van der Waals surface area contributed by atoms with Crippen LogP contribution in [0.4, 0.5) is 5.69 Å². The van der Waals surface area contributed by atoms with Crippen molar-refractivity contribution in [1.82, 2.24) is 9.88 Å².